The van der Waals surface area contributed by atoms with Gasteiger partial charge in [-0.05, 0) is 38.1 Å². The quantitative estimate of drug-likeness (QED) is 0.676. The van der Waals surface area contributed by atoms with Gasteiger partial charge in [-0.2, -0.15) is 0 Å². The third-order valence-corrected chi connectivity index (χ3v) is 5.01. The molecule has 0 saturated heterocycles. The van der Waals surface area contributed by atoms with Gasteiger partial charge in [0.25, 0.3) is 0 Å². The molecule has 0 aromatic heterocycles. The van der Waals surface area contributed by atoms with Crippen molar-refractivity contribution in [1.29, 1.82) is 0 Å². The molecule has 156 valence electrons. The molecule has 1 heterocycles. The second kappa shape index (κ2) is 11.5. The first-order chi connectivity index (χ1) is 13.6. The van der Waals surface area contributed by atoms with Gasteiger partial charge in [-0.15, -0.1) is 0 Å². The number of carbonyl (C=O) groups is 2. The van der Waals surface area contributed by atoms with E-state index in [0.29, 0.717) is 45.6 Å². The van der Waals surface area contributed by atoms with Gasteiger partial charge in [0.05, 0.1) is 13.1 Å². The molecule has 2 N–H and O–H groups in total. The Balaban J connectivity index is 1.87. The highest BCUT2D eigenvalue weighted by Crippen LogP contribution is 2.25. The average molecular weight is 391 g/mol. The van der Waals surface area contributed by atoms with E-state index in [9.17, 15) is 9.59 Å². The summed E-state index contributed by atoms with van der Waals surface area (Å²) in [5.74, 6) is 0.890. The Hall–Kier alpha value is -2.28. The zero-order chi connectivity index (χ0) is 20.4. The van der Waals surface area contributed by atoms with Crippen molar-refractivity contribution in [1.82, 2.24) is 20.4 Å². The van der Waals surface area contributed by atoms with Crippen LogP contribution in [0.4, 0.5) is 4.79 Å². The number of urea groups is 1. The second-order valence-corrected chi connectivity index (χ2v) is 6.92. The highest BCUT2D eigenvalue weighted by atomic mass is 16.5. The summed E-state index contributed by atoms with van der Waals surface area (Å²) in [5, 5.41) is 5.83. The third-order valence-electron chi connectivity index (χ3n) is 5.01. The molecule has 2 rings (SSSR count). The van der Waals surface area contributed by atoms with E-state index >= 15 is 0 Å². The number of benzene rings is 1. The number of hydrogen-bond acceptors (Lipinski definition) is 4. The molecule has 0 radical (unpaired) electrons. The fourth-order valence-corrected chi connectivity index (χ4v) is 3.28. The summed E-state index contributed by atoms with van der Waals surface area (Å²) in [6.45, 7) is 11.9. The maximum absolute atomic E-state index is 12.2. The number of amides is 3. The highest BCUT2D eigenvalue weighted by Gasteiger charge is 2.19. The van der Waals surface area contributed by atoms with E-state index in [1.807, 2.05) is 19.1 Å². The van der Waals surface area contributed by atoms with E-state index in [1.54, 1.807) is 4.90 Å². The first-order valence-electron chi connectivity index (χ1n) is 10.3. The molecule has 28 heavy (non-hydrogen) atoms. The van der Waals surface area contributed by atoms with Crippen LogP contribution >= 0.6 is 0 Å². The maximum Gasteiger partial charge on any atom is 0.317 e. The predicted octanol–water partition coefficient (Wildman–Crippen LogP) is 2.00. The number of hydrogen-bond donors (Lipinski definition) is 2. The molecule has 1 aliphatic heterocycles. The molecule has 1 aliphatic rings. The number of nitrogens with one attached hydrogen (secondary N) is 2. The third kappa shape index (κ3) is 6.71. The van der Waals surface area contributed by atoms with Crippen LogP contribution in [-0.4, -0.2) is 67.6 Å². The Morgan fingerprint density at radius 3 is 2.68 bits per heavy atom. The SMILES string of the molecule is CCNC(=O)N1CCOc2ccc(CCC(=O)NCCN(CC)CC)cc2C1. The number of ether oxygens (including phenoxy) is 1. The van der Waals surface area contributed by atoms with Gasteiger partial charge in [0.2, 0.25) is 5.91 Å². The highest BCUT2D eigenvalue weighted by molar-refractivity contribution is 5.76. The number of likely N-dealkylation sites (N-methyl/N-ethyl adjacent to an activating group) is 1. The zero-order valence-electron chi connectivity index (χ0n) is 17.4. The molecule has 7 nitrogen and oxygen atoms in total. The largest absolute Gasteiger partial charge is 0.491 e. The second-order valence-electron chi connectivity index (χ2n) is 6.92. The predicted molar refractivity (Wildman–Crippen MR) is 111 cm³/mol. The van der Waals surface area contributed by atoms with Crippen LogP contribution in [0.25, 0.3) is 0 Å². The fourth-order valence-electron chi connectivity index (χ4n) is 3.28. The molecule has 1 aromatic rings. The van der Waals surface area contributed by atoms with Crippen molar-refractivity contribution < 1.29 is 14.3 Å². The Kier molecular flexibility index (Phi) is 9.07. The van der Waals surface area contributed by atoms with Gasteiger partial charge >= 0.3 is 6.03 Å². The zero-order valence-corrected chi connectivity index (χ0v) is 17.4. The molecule has 1 aromatic carbocycles. The smallest absolute Gasteiger partial charge is 0.317 e. The van der Waals surface area contributed by atoms with Crippen LogP contribution in [0.5, 0.6) is 5.75 Å². The summed E-state index contributed by atoms with van der Waals surface area (Å²) in [4.78, 5) is 28.3. The molecule has 0 saturated carbocycles. The van der Waals surface area contributed by atoms with Crippen LogP contribution in [0.1, 0.15) is 38.3 Å². The molecule has 0 bridgehead atoms. The van der Waals surface area contributed by atoms with Gasteiger partial charge in [0.15, 0.2) is 0 Å². The maximum atomic E-state index is 12.2. The van der Waals surface area contributed by atoms with Crippen molar-refractivity contribution in [3.8, 4) is 5.75 Å². The molecule has 0 aliphatic carbocycles. The van der Waals surface area contributed by atoms with Crippen molar-refractivity contribution in [2.45, 2.75) is 40.2 Å². The summed E-state index contributed by atoms with van der Waals surface area (Å²) < 4.78 is 5.78. The van der Waals surface area contributed by atoms with E-state index in [1.165, 1.54) is 0 Å². The standard InChI is InChI=1S/C21H34N4O3/c1-4-22-21(27)25-13-14-28-19-9-7-17(15-18(19)16-25)8-10-20(26)23-11-12-24(5-2)6-3/h7,9,15H,4-6,8,10-14,16H2,1-3H3,(H,22,27)(H,23,26). The first-order valence-corrected chi connectivity index (χ1v) is 10.3. The number of rotatable bonds is 9. The number of carbonyl (C=O) groups excluding carboxylic acids is 2. The molecular formula is C21H34N4O3. The molecule has 0 spiro atoms. The minimum atomic E-state index is -0.0723. The molecule has 0 fully saturated rings. The number of nitrogens with zero attached hydrogens (tertiary/aromatic N) is 2. The van der Waals surface area contributed by atoms with Crippen LogP contribution in [0.15, 0.2) is 18.2 Å². The van der Waals surface area contributed by atoms with Crippen molar-refractivity contribution in [2.75, 3.05) is 45.9 Å². The topological polar surface area (TPSA) is 73.9 Å². The van der Waals surface area contributed by atoms with Crippen molar-refractivity contribution in [3.63, 3.8) is 0 Å². The summed E-state index contributed by atoms with van der Waals surface area (Å²) >= 11 is 0. The lowest BCUT2D eigenvalue weighted by molar-refractivity contribution is -0.121. The number of aryl methyl sites for hydroxylation is 1. The van der Waals surface area contributed by atoms with E-state index < -0.39 is 0 Å². The van der Waals surface area contributed by atoms with E-state index in [4.69, 9.17) is 4.74 Å². The Morgan fingerprint density at radius 2 is 1.96 bits per heavy atom. The van der Waals surface area contributed by atoms with Crippen LogP contribution in [0, 0.1) is 0 Å². The lowest BCUT2D eigenvalue weighted by atomic mass is 10.0. The fraction of sp³-hybridized carbons (Fsp3) is 0.619. The van der Waals surface area contributed by atoms with Gasteiger partial charge in [0, 0.05) is 31.6 Å². The summed E-state index contributed by atoms with van der Waals surface area (Å²) in [6.07, 6.45) is 1.13. The van der Waals surface area contributed by atoms with Crippen molar-refractivity contribution in [3.05, 3.63) is 29.3 Å². The summed E-state index contributed by atoms with van der Waals surface area (Å²) in [6, 6.07) is 5.93. The van der Waals surface area contributed by atoms with E-state index in [-0.39, 0.29) is 11.9 Å². The Bertz CT molecular complexity index is 647. The monoisotopic (exact) mass is 390 g/mol. The van der Waals surface area contributed by atoms with Gasteiger partial charge < -0.3 is 25.2 Å². The molecule has 7 heteroatoms. The van der Waals surface area contributed by atoms with Crippen LogP contribution in [0.3, 0.4) is 0 Å². The van der Waals surface area contributed by atoms with E-state index in [0.717, 1.165) is 36.5 Å². The lowest BCUT2D eigenvalue weighted by Gasteiger charge is -2.20. The molecule has 3 amide bonds. The van der Waals surface area contributed by atoms with Gasteiger partial charge in [-0.3, -0.25) is 4.79 Å². The van der Waals surface area contributed by atoms with Crippen LogP contribution < -0.4 is 15.4 Å². The summed E-state index contributed by atoms with van der Waals surface area (Å²) in [7, 11) is 0. The Labute approximate surface area is 168 Å². The number of fused-ring (bicyclic) bond motifs is 1. The minimum Gasteiger partial charge on any atom is -0.491 e. The minimum absolute atomic E-state index is 0.0716. The Morgan fingerprint density at radius 1 is 1.18 bits per heavy atom. The van der Waals surface area contributed by atoms with Gasteiger partial charge in [0.1, 0.15) is 12.4 Å². The molecule has 0 unspecified atom stereocenters. The molecular weight excluding hydrogens is 356 g/mol. The average Bonchev–Trinajstić information content (AvgIpc) is 2.92. The molecule has 0 atom stereocenters. The van der Waals surface area contributed by atoms with Crippen molar-refractivity contribution in [2.24, 2.45) is 0 Å². The summed E-state index contributed by atoms with van der Waals surface area (Å²) in [5.41, 5.74) is 2.07. The normalized spacial score (nSPS) is 13.5. The van der Waals surface area contributed by atoms with E-state index in [2.05, 4.69) is 35.4 Å². The van der Waals surface area contributed by atoms with Gasteiger partial charge in [-0.1, -0.05) is 26.0 Å². The lowest BCUT2D eigenvalue weighted by Crippen LogP contribution is -2.40. The van der Waals surface area contributed by atoms with Crippen LogP contribution in [-0.2, 0) is 17.8 Å². The van der Waals surface area contributed by atoms with Crippen molar-refractivity contribution >= 4 is 11.9 Å². The van der Waals surface area contributed by atoms with Gasteiger partial charge in [-0.25, -0.2) is 4.79 Å². The van der Waals surface area contributed by atoms with Crippen LogP contribution in [0.2, 0.25) is 0 Å². The first kappa shape index (κ1) is 22.0.